The van der Waals surface area contributed by atoms with Gasteiger partial charge in [0.25, 0.3) is 12.5 Å². The van der Waals surface area contributed by atoms with Crippen molar-refractivity contribution in [2.45, 2.75) is 75.2 Å². The predicted molar refractivity (Wildman–Crippen MR) is 166 cm³/mol. The van der Waals surface area contributed by atoms with Gasteiger partial charge in [0.2, 0.25) is 0 Å². The highest BCUT2D eigenvalue weighted by molar-refractivity contribution is 5.48. The second-order valence-electron chi connectivity index (χ2n) is 11.1. The van der Waals surface area contributed by atoms with E-state index in [0.717, 1.165) is 35.1 Å². The van der Waals surface area contributed by atoms with Gasteiger partial charge in [0.05, 0.1) is 0 Å². The van der Waals surface area contributed by atoms with Gasteiger partial charge in [0.15, 0.2) is 0 Å². The molecule has 0 unspecified atom stereocenters. The minimum absolute atomic E-state index is 0.674. The maximum absolute atomic E-state index is 8.87. The van der Waals surface area contributed by atoms with Gasteiger partial charge in [0, 0.05) is 0 Å². The van der Waals surface area contributed by atoms with E-state index in [1.165, 1.54) is 50.1 Å². The molecule has 0 atom stereocenters. The van der Waals surface area contributed by atoms with Crippen LogP contribution in [0.4, 0.5) is 0 Å². The molecule has 0 spiro atoms. The van der Waals surface area contributed by atoms with Gasteiger partial charge >= 0.3 is 0 Å². The molecule has 0 aliphatic carbocycles. The molecule has 0 amide bonds. The number of hydrogen-bond donors (Lipinski definition) is 0. The van der Waals surface area contributed by atoms with Crippen LogP contribution >= 0.6 is 0 Å². The van der Waals surface area contributed by atoms with E-state index in [4.69, 9.17) is 20.0 Å². The number of nitrogens with zero attached hydrogens (tertiary/aromatic N) is 2. The lowest BCUT2D eigenvalue weighted by molar-refractivity contribution is 0.498. The van der Waals surface area contributed by atoms with E-state index in [1.54, 1.807) is 12.5 Å². The van der Waals surface area contributed by atoms with Crippen LogP contribution in [0.5, 0.6) is 11.5 Å². The Morgan fingerprint density at radius 2 is 0.878 bits per heavy atom. The quantitative estimate of drug-likeness (QED) is 0.227. The molecule has 41 heavy (non-hydrogen) atoms. The largest absolute Gasteiger partial charge is 0.387 e. The highest BCUT2D eigenvalue weighted by Gasteiger charge is 2.12. The maximum Gasteiger partial charge on any atom is 0.292 e. The van der Waals surface area contributed by atoms with Gasteiger partial charge in [-0.1, -0.05) is 54.6 Å². The minimum Gasteiger partial charge on any atom is -0.387 e. The molecule has 0 aliphatic heterocycles. The highest BCUT2D eigenvalue weighted by Crippen LogP contribution is 2.28. The van der Waals surface area contributed by atoms with Crippen LogP contribution in [0, 0.1) is 85.3 Å². The third kappa shape index (κ3) is 7.77. The van der Waals surface area contributed by atoms with Crippen molar-refractivity contribution < 1.29 is 9.47 Å². The molecule has 4 aromatic rings. The van der Waals surface area contributed by atoms with Crippen molar-refractivity contribution in [1.82, 2.24) is 0 Å². The molecule has 0 aliphatic rings. The number of para-hydroxylation sites is 1. The molecule has 4 nitrogen and oxygen atoms in total. The Balaban J connectivity index is 0.000000352. The Labute approximate surface area is 245 Å². The molecule has 0 bridgehead atoms. The second kappa shape index (κ2) is 13.7. The van der Waals surface area contributed by atoms with Gasteiger partial charge in [-0.3, -0.25) is 0 Å². The number of nitriles is 2. The Hall–Kier alpha value is -4.54. The van der Waals surface area contributed by atoms with E-state index in [9.17, 15) is 0 Å². The van der Waals surface area contributed by atoms with Crippen molar-refractivity contribution in [3.05, 3.63) is 127 Å². The molecule has 0 saturated heterocycles. The minimum atomic E-state index is 0.674. The number of hydrogen-bond acceptors (Lipinski definition) is 4. The van der Waals surface area contributed by atoms with E-state index in [1.807, 2.05) is 45.9 Å². The fourth-order valence-electron chi connectivity index (χ4n) is 5.32. The van der Waals surface area contributed by atoms with Gasteiger partial charge in [-0.2, -0.15) is 0 Å². The lowest BCUT2D eigenvalue weighted by Gasteiger charge is -2.16. The van der Waals surface area contributed by atoms with E-state index in [-0.39, 0.29) is 0 Å². The lowest BCUT2D eigenvalue weighted by Crippen LogP contribution is -2.01. The zero-order valence-corrected chi connectivity index (χ0v) is 25.8. The first kappa shape index (κ1) is 31.0. The van der Waals surface area contributed by atoms with Crippen LogP contribution in [-0.4, -0.2) is 0 Å². The molecule has 4 aromatic carbocycles. The second-order valence-corrected chi connectivity index (χ2v) is 11.1. The highest BCUT2D eigenvalue weighted by atomic mass is 16.5. The maximum atomic E-state index is 8.87. The normalized spacial score (nSPS) is 10.2. The summed E-state index contributed by atoms with van der Waals surface area (Å²) in [7, 11) is 0. The molecule has 0 aromatic heterocycles. The Morgan fingerprint density at radius 3 is 1.39 bits per heavy atom. The number of ether oxygens (including phenoxy) is 2. The molecule has 0 radical (unpaired) electrons. The Bertz CT molecular complexity index is 1610. The van der Waals surface area contributed by atoms with Crippen LogP contribution in [-0.2, 0) is 12.8 Å². The van der Waals surface area contributed by atoms with Gasteiger partial charge in [0.1, 0.15) is 11.5 Å². The average molecular weight is 545 g/mol. The first-order chi connectivity index (χ1) is 19.4. The van der Waals surface area contributed by atoms with Crippen molar-refractivity contribution in [1.29, 1.82) is 10.5 Å². The zero-order valence-electron chi connectivity index (χ0n) is 25.8. The van der Waals surface area contributed by atoms with Crippen molar-refractivity contribution in [3.8, 4) is 24.0 Å². The summed E-state index contributed by atoms with van der Waals surface area (Å²) in [6.45, 7) is 18.8. The van der Waals surface area contributed by atoms with Crippen LogP contribution in [0.1, 0.15) is 72.3 Å². The van der Waals surface area contributed by atoms with Crippen LogP contribution in [0.25, 0.3) is 0 Å². The smallest absolute Gasteiger partial charge is 0.292 e. The van der Waals surface area contributed by atoms with Gasteiger partial charge in [-0.25, -0.2) is 0 Å². The van der Waals surface area contributed by atoms with E-state index < -0.39 is 0 Å². The first-order valence-electron chi connectivity index (χ1n) is 13.9. The molecule has 210 valence electrons. The fraction of sp³-hybridized carbons (Fsp3) is 0.297. The molecule has 0 saturated carbocycles. The van der Waals surface area contributed by atoms with Crippen LogP contribution in [0.15, 0.2) is 54.6 Å². The van der Waals surface area contributed by atoms with Crippen molar-refractivity contribution in [3.63, 3.8) is 0 Å². The topological polar surface area (TPSA) is 66.0 Å². The zero-order chi connectivity index (χ0) is 30.3. The van der Waals surface area contributed by atoms with E-state index in [2.05, 4.69) is 71.0 Å². The average Bonchev–Trinajstić information content (AvgIpc) is 2.90. The summed E-state index contributed by atoms with van der Waals surface area (Å²) in [6.07, 6.45) is 5.29. The molecular formula is C37H40N2O2. The summed E-state index contributed by atoms with van der Waals surface area (Å²) >= 11 is 0. The van der Waals surface area contributed by atoms with Gasteiger partial charge in [-0.05, 0) is 147 Å². The number of benzene rings is 4. The van der Waals surface area contributed by atoms with Crippen molar-refractivity contribution in [2.75, 3.05) is 0 Å². The first-order valence-corrected chi connectivity index (χ1v) is 13.9. The summed E-state index contributed by atoms with van der Waals surface area (Å²) in [5, 5.41) is 17.2. The molecule has 0 heterocycles. The standard InChI is InChI=1S/C28H31NO.C9H9NO/c1-17-8-19(3)25(12-18(17)2)14-27-15-26(20(4)9-21(27)5)13-24-10-22(6)28(30-16-29)23(7)11-24;1-7-4-3-5-8(2)9(7)11-6-10/h8-12,15H,13-14H2,1-7H3;3-5H,1-2H3. The summed E-state index contributed by atoms with van der Waals surface area (Å²) < 4.78 is 9.91. The lowest BCUT2D eigenvalue weighted by atomic mass is 9.89. The third-order valence-electron chi connectivity index (χ3n) is 7.75. The SMILES string of the molecule is Cc1cc(C)c(Cc2cc(Cc3cc(C)c(OC#N)c(C)c3)c(C)cc2C)cc1C.Cc1cccc(C)c1OC#N. The summed E-state index contributed by atoms with van der Waals surface area (Å²) in [6, 6.07) is 19.4. The van der Waals surface area contributed by atoms with Crippen LogP contribution in [0.2, 0.25) is 0 Å². The Morgan fingerprint density at radius 1 is 0.463 bits per heavy atom. The van der Waals surface area contributed by atoms with Gasteiger partial charge in [-0.15, -0.1) is 10.5 Å². The molecule has 4 rings (SSSR count). The van der Waals surface area contributed by atoms with Crippen LogP contribution in [0.3, 0.4) is 0 Å². The summed E-state index contributed by atoms with van der Waals surface area (Å²) in [4.78, 5) is 0. The third-order valence-corrected chi connectivity index (χ3v) is 7.75. The van der Waals surface area contributed by atoms with E-state index in [0.29, 0.717) is 11.5 Å². The van der Waals surface area contributed by atoms with Gasteiger partial charge < -0.3 is 9.47 Å². The monoisotopic (exact) mass is 544 g/mol. The molecule has 0 N–H and O–H groups in total. The number of aryl methyl sites for hydroxylation is 9. The van der Waals surface area contributed by atoms with E-state index >= 15 is 0 Å². The predicted octanol–water partition coefficient (Wildman–Crippen LogP) is 9.05. The fourth-order valence-corrected chi connectivity index (χ4v) is 5.32. The molecule has 4 heteroatoms. The summed E-state index contributed by atoms with van der Waals surface area (Å²) in [5.41, 5.74) is 16.1. The summed E-state index contributed by atoms with van der Waals surface area (Å²) in [5.74, 6) is 1.35. The number of rotatable bonds is 6. The van der Waals surface area contributed by atoms with Crippen molar-refractivity contribution in [2.24, 2.45) is 0 Å². The Kier molecular flexibility index (Phi) is 10.3. The molecular weight excluding hydrogens is 504 g/mol. The van der Waals surface area contributed by atoms with Crippen LogP contribution < -0.4 is 9.47 Å². The molecule has 0 fully saturated rings. The van der Waals surface area contributed by atoms with Crippen molar-refractivity contribution >= 4 is 0 Å².